The zero-order chi connectivity index (χ0) is 28.1. The van der Waals surface area contributed by atoms with Crippen LogP contribution in [0.25, 0.3) is 22.3 Å². The van der Waals surface area contributed by atoms with Gasteiger partial charge in [0.2, 0.25) is 5.91 Å². The number of carbonyl (C=O) groups excluding carboxylic acids is 2. The molecule has 3 aliphatic heterocycles. The van der Waals surface area contributed by atoms with Crippen LogP contribution in [0.5, 0.6) is 0 Å². The number of aliphatic hydroxyl groups is 2. The van der Waals surface area contributed by atoms with Crippen molar-refractivity contribution in [3.8, 4) is 11.4 Å². The normalized spacial score (nSPS) is 26.3. The van der Waals surface area contributed by atoms with Gasteiger partial charge >= 0.3 is 5.97 Å². The van der Waals surface area contributed by atoms with Crippen LogP contribution < -0.4 is 16.2 Å². The number of pyridine rings is 2. The molecule has 4 atom stereocenters. The molecule has 1 aliphatic carbocycles. The molecule has 0 spiro atoms. The van der Waals surface area contributed by atoms with Gasteiger partial charge in [0.05, 0.1) is 41.2 Å². The minimum Gasteiger partial charge on any atom is -0.458 e. The van der Waals surface area contributed by atoms with Crippen LogP contribution in [0.2, 0.25) is 0 Å². The molecule has 7 rings (SSSR count). The lowest BCUT2D eigenvalue weighted by Gasteiger charge is -2.31. The second-order valence-corrected chi connectivity index (χ2v) is 11.2. The average molecular weight is 549 g/mol. The Kier molecular flexibility index (Phi) is 5.48. The zero-order valence-corrected chi connectivity index (χ0v) is 22.1. The van der Waals surface area contributed by atoms with Gasteiger partial charge in [-0.25, -0.2) is 14.2 Å². The zero-order valence-electron chi connectivity index (χ0n) is 22.1. The molecule has 0 bridgehead atoms. The predicted octanol–water partition coefficient (Wildman–Crippen LogP) is 1.35. The minimum atomic E-state index is -1.96. The van der Waals surface area contributed by atoms with Gasteiger partial charge in [-0.15, -0.1) is 0 Å². The third-order valence-corrected chi connectivity index (χ3v) is 9.17. The molecule has 2 aromatic heterocycles. The van der Waals surface area contributed by atoms with Crippen LogP contribution in [0.3, 0.4) is 0 Å². The maximum Gasteiger partial charge on any atom is 0.343 e. The first-order valence-electron chi connectivity index (χ1n) is 13.7. The molecule has 208 valence electrons. The molecular formula is C29H29FN4O6. The highest BCUT2D eigenvalue weighted by atomic mass is 19.1. The number of hydrogen-bond acceptors (Lipinski definition) is 8. The van der Waals surface area contributed by atoms with E-state index in [-0.39, 0.29) is 42.4 Å². The van der Waals surface area contributed by atoms with Gasteiger partial charge in [0.15, 0.2) is 5.60 Å². The first-order chi connectivity index (χ1) is 19.1. The fourth-order valence-electron chi connectivity index (χ4n) is 6.92. The van der Waals surface area contributed by atoms with Crippen molar-refractivity contribution in [1.82, 2.24) is 20.2 Å². The number of aryl methyl sites for hydroxylation is 1. The van der Waals surface area contributed by atoms with Crippen LogP contribution in [0.1, 0.15) is 65.6 Å². The van der Waals surface area contributed by atoms with Gasteiger partial charge in [-0.05, 0) is 61.9 Å². The van der Waals surface area contributed by atoms with Crippen LogP contribution in [-0.2, 0) is 39.5 Å². The Morgan fingerprint density at radius 1 is 1.27 bits per heavy atom. The van der Waals surface area contributed by atoms with Gasteiger partial charge in [-0.1, -0.05) is 6.92 Å². The van der Waals surface area contributed by atoms with Gasteiger partial charge in [-0.3, -0.25) is 9.59 Å². The smallest absolute Gasteiger partial charge is 0.343 e. The predicted molar refractivity (Wildman–Crippen MR) is 141 cm³/mol. The number of amides is 1. The molecule has 4 aliphatic rings. The molecule has 1 amide bonds. The van der Waals surface area contributed by atoms with Gasteiger partial charge < -0.3 is 30.2 Å². The number of benzene rings is 1. The number of esters is 1. The van der Waals surface area contributed by atoms with Crippen molar-refractivity contribution in [3.05, 3.63) is 61.7 Å². The second kappa shape index (κ2) is 8.66. The van der Waals surface area contributed by atoms with Crippen molar-refractivity contribution in [3.63, 3.8) is 0 Å². The number of halogens is 1. The number of ether oxygens (including phenoxy) is 1. The summed E-state index contributed by atoms with van der Waals surface area (Å²) in [6.45, 7) is 3.84. The molecule has 0 saturated carbocycles. The van der Waals surface area contributed by atoms with Crippen LogP contribution in [0, 0.1) is 12.7 Å². The van der Waals surface area contributed by atoms with Crippen LogP contribution in [-0.4, -0.2) is 50.3 Å². The van der Waals surface area contributed by atoms with Gasteiger partial charge in [-0.2, -0.15) is 0 Å². The fraction of sp³-hybridized carbons (Fsp3) is 0.448. The molecule has 11 heteroatoms. The second-order valence-electron chi connectivity index (χ2n) is 11.2. The number of rotatable bonds is 3. The average Bonchev–Trinajstić information content (AvgIpc) is 3.53. The number of aliphatic hydroxyl groups excluding tert-OH is 1. The summed E-state index contributed by atoms with van der Waals surface area (Å²) in [5, 5.41) is 28.4. The summed E-state index contributed by atoms with van der Waals surface area (Å²) in [7, 11) is 0. The molecular weight excluding hydrogens is 519 g/mol. The largest absolute Gasteiger partial charge is 0.458 e. The van der Waals surface area contributed by atoms with Crippen molar-refractivity contribution >= 4 is 22.8 Å². The lowest BCUT2D eigenvalue weighted by molar-refractivity contribution is -0.172. The monoisotopic (exact) mass is 548 g/mol. The van der Waals surface area contributed by atoms with E-state index >= 15 is 4.39 Å². The molecule has 0 radical (unpaired) electrons. The Bertz CT molecular complexity index is 1720. The van der Waals surface area contributed by atoms with Crippen molar-refractivity contribution in [2.24, 2.45) is 0 Å². The van der Waals surface area contributed by atoms with Crippen molar-refractivity contribution < 1.29 is 28.9 Å². The highest BCUT2D eigenvalue weighted by Crippen LogP contribution is 2.46. The molecule has 3 aromatic rings. The van der Waals surface area contributed by atoms with E-state index in [0.717, 1.165) is 22.1 Å². The summed E-state index contributed by atoms with van der Waals surface area (Å²) in [6.07, 6.45) is 0.763. The third-order valence-electron chi connectivity index (χ3n) is 9.17. The highest BCUT2D eigenvalue weighted by Gasteiger charge is 2.46. The van der Waals surface area contributed by atoms with E-state index < -0.39 is 35.3 Å². The van der Waals surface area contributed by atoms with Crippen molar-refractivity contribution in [2.75, 3.05) is 6.54 Å². The van der Waals surface area contributed by atoms with Crippen LogP contribution in [0.4, 0.5) is 4.39 Å². The van der Waals surface area contributed by atoms with E-state index in [0.29, 0.717) is 48.3 Å². The lowest BCUT2D eigenvalue weighted by atomic mass is 9.81. The minimum absolute atomic E-state index is 0.0218. The standard InChI is InChI=1S/C29H29FN4O6/c1-3-29(39)16-8-20-24-14(10-34(20)27(37)15(16)11-40-28(29)38)23-18(33-26(36)25-21(35)6-7-31-25)5-4-13-12(2)17(30)9-19(32-24)22(13)23/h8-9,18,21,25,31,35,39H,3-7,10-11H2,1-2H3,(H,33,36)/t18-,21?,25?,29-/m0/s1. The number of nitrogens with one attached hydrogen (secondary N) is 2. The van der Waals surface area contributed by atoms with E-state index in [1.54, 1.807) is 24.5 Å². The van der Waals surface area contributed by atoms with Crippen molar-refractivity contribution in [2.45, 2.75) is 76.5 Å². The van der Waals surface area contributed by atoms with E-state index in [1.807, 2.05) is 0 Å². The lowest BCUT2D eigenvalue weighted by Crippen LogP contribution is -2.47. The summed E-state index contributed by atoms with van der Waals surface area (Å²) >= 11 is 0. The maximum atomic E-state index is 15.0. The molecule has 4 N–H and O–H groups in total. The van der Waals surface area contributed by atoms with Crippen molar-refractivity contribution in [1.29, 1.82) is 0 Å². The molecule has 1 aromatic carbocycles. The van der Waals surface area contributed by atoms with Gasteiger partial charge in [0.1, 0.15) is 18.5 Å². The van der Waals surface area contributed by atoms with Crippen LogP contribution in [0.15, 0.2) is 16.9 Å². The number of hydrogen-bond donors (Lipinski definition) is 4. The fourth-order valence-corrected chi connectivity index (χ4v) is 6.92. The molecule has 1 saturated heterocycles. The third kappa shape index (κ3) is 3.31. The SMILES string of the molecule is CC[C@@]1(O)C(=O)OCc2c1cc1n(c2=O)Cc2c-1nc1cc(F)c(C)c3c1c2[C@@H](NC(=O)C1NCCC1O)CC3. The van der Waals surface area contributed by atoms with E-state index in [9.17, 15) is 24.6 Å². The van der Waals surface area contributed by atoms with E-state index in [4.69, 9.17) is 9.72 Å². The number of carbonyl (C=O) groups is 2. The summed E-state index contributed by atoms with van der Waals surface area (Å²) in [5.41, 5.74) is 2.22. The first-order valence-corrected chi connectivity index (χ1v) is 13.7. The summed E-state index contributed by atoms with van der Waals surface area (Å²) in [4.78, 5) is 44.3. The molecule has 5 heterocycles. The molecule has 1 fully saturated rings. The van der Waals surface area contributed by atoms with E-state index in [2.05, 4.69) is 10.6 Å². The van der Waals surface area contributed by atoms with Crippen LogP contribution >= 0.6 is 0 Å². The van der Waals surface area contributed by atoms with Gasteiger partial charge in [0.25, 0.3) is 5.56 Å². The Hall–Kier alpha value is -3.67. The Morgan fingerprint density at radius 2 is 2.08 bits per heavy atom. The quantitative estimate of drug-likeness (QED) is 0.281. The Morgan fingerprint density at radius 3 is 2.80 bits per heavy atom. The summed E-state index contributed by atoms with van der Waals surface area (Å²) in [6, 6.07) is 1.83. The molecule has 10 nitrogen and oxygen atoms in total. The maximum absolute atomic E-state index is 15.0. The number of nitrogens with zero attached hydrogens (tertiary/aromatic N) is 2. The number of cyclic esters (lactones) is 1. The summed E-state index contributed by atoms with van der Waals surface area (Å²) < 4.78 is 21.8. The Labute approximate surface area is 228 Å². The molecule has 40 heavy (non-hydrogen) atoms. The summed E-state index contributed by atoms with van der Waals surface area (Å²) in [5.74, 6) is -1.51. The molecule has 2 unspecified atom stereocenters. The highest BCUT2D eigenvalue weighted by molar-refractivity contribution is 5.94. The first kappa shape index (κ1) is 25.3. The van der Waals surface area contributed by atoms with E-state index in [1.165, 1.54) is 6.07 Å². The number of aromatic nitrogens is 2. The Balaban J connectivity index is 1.45. The topological polar surface area (TPSA) is 143 Å². The van der Waals surface area contributed by atoms with Gasteiger partial charge in [0, 0.05) is 22.6 Å². The number of fused-ring (bicyclic) bond motifs is 5.